The summed E-state index contributed by atoms with van der Waals surface area (Å²) < 4.78 is 3.35. The maximum absolute atomic E-state index is 12.9. The molecule has 0 saturated heterocycles. The first-order chi connectivity index (χ1) is 12.5. The van der Waals surface area contributed by atoms with Crippen LogP contribution in [0.3, 0.4) is 0 Å². The topological polar surface area (TPSA) is 90.5 Å². The highest BCUT2D eigenvalue weighted by Gasteiger charge is 2.23. The van der Waals surface area contributed by atoms with E-state index in [9.17, 15) is 4.79 Å². The van der Waals surface area contributed by atoms with Gasteiger partial charge in [0.15, 0.2) is 5.82 Å². The fourth-order valence-electron chi connectivity index (χ4n) is 2.90. The van der Waals surface area contributed by atoms with E-state index in [-0.39, 0.29) is 11.9 Å². The Morgan fingerprint density at radius 1 is 1.23 bits per heavy atom. The third kappa shape index (κ3) is 3.63. The van der Waals surface area contributed by atoms with Crippen molar-refractivity contribution >= 4 is 5.91 Å². The van der Waals surface area contributed by atoms with Gasteiger partial charge in [-0.1, -0.05) is 19.9 Å². The number of aryl methyl sites for hydroxylation is 1. The van der Waals surface area contributed by atoms with Gasteiger partial charge in [-0.05, 0) is 31.4 Å². The second-order valence-electron chi connectivity index (χ2n) is 6.64. The number of hydrogen-bond donors (Lipinski definition) is 1. The van der Waals surface area contributed by atoms with E-state index in [1.165, 1.54) is 6.33 Å². The third-order valence-electron chi connectivity index (χ3n) is 4.19. The molecule has 3 aromatic rings. The van der Waals surface area contributed by atoms with E-state index in [0.717, 1.165) is 17.9 Å². The average Bonchev–Trinajstić information content (AvgIpc) is 3.20. The minimum atomic E-state index is -0.215. The number of carbonyl (C=O) groups is 1. The molecule has 136 valence electrons. The number of aromatic nitrogens is 6. The summed E-state index contributed by atoms with van der Waals surface area (Å²) in [7, 11) is 1.83. The van der Waals surface area contributed by atoms with Gasteiger partial charge in [-0.25, -0.2) is 14.6 Å². The monoisotopic (exact) mass is 353 g/mol. The smallest absolute Gasteiger partial charge is 0.255 e. The molecule has 8 heteroatoms. The van der Waals surface area contributed by atoms with Gasteiger partial charge >= 0.3 is 0 Å². The molecule has 3 heterocycles. The summed E-state index contributed by atoms with van der Waals surface area (Å²) in [5, 5.41) is 11.5. The number of rotatable bonds is 6. The fourth-order valence-corrected chi connectivity index (χ4v) is 2.90. The van der Waals surface area contributed by atoms with Crippen LogP contribution in [0.1, 0.15) is 48.2 Å². The molecule has 3 rings (SSSR count). The van der Waals surface area contributed by atoms with Gasteiger partial charge in [0, 0.05) is 13.2 Å². The largest absolute Gasteiger partial charge is 0.342 e. The summed E-state index contributed by atoms with van der Waals surface area (Å²) in [6, 6.07) is 5.36. The Balaban J connectivity index is 1.84. The van der Waals surface area contributed by atoms with Crippen molar-refractivity contribution in [3.63, 3.8) is 0 Å². The molecule has 0 spiro atoms. The Labute approximate surface area is 152 Å². The second-order valence-corrected chi connectivity index (χ2v) is 6.64. The van der Waals surface area contributed by atoms with Crippen LogP contribution in [0.4, 0.5) is 0 Å². The molecule has 1 atom stereocenters. The Kier molecular flexibility index (Phi) is 5.11. The summed E-state index contributed by atoms with van der Waals surface area (Å²) in [5.41, 5.74) is 1.26. The minimum absolute atomic E-state index is 0.182. The SMILES string of the molecule is Cc1c(C(=O)N[C@@H](CC(C)C)c2ncnn2C)cnn1-c1ccccn1. The van der Waals surface area contributed by atoms with Crippen molar-refractivity contribution in [2.75, 3.05) is 0 Å². The van der Waals surface area contributed by atoms with Crippen LogP contribution in [0.25, 0.3) is 5.82 Å². The van der Waals surface area contributed by atoms with Crippen LogP contribution in [0.5, 0.6) is 0 Å². The number of carbonyl (C=O) groups excluding carboxylic acids is 1. The Morgan fingerprint density at radius 2 is 2.04 bits per heavy atom. The Hall–Kier alpha value is -3.03. The van der Waals surface area contributed by atoms with Gasteiger partial charge in [0.05, 0.1) is 23.5 Å². The van der Waals surface area contributed by atoms with E-state index in [4.69, 9.17) is 0 Å². The number of nitrogens with zero attached hydrogens (tertiary/aromatic N) is 6. The zero-order chi connectivity index (χ0) is 18.7. The molecule has 0 bridgehead atoms. The zero-order valence-corrected chi connectivity index (χ0v) is 15.4. The average molecular weight is 353 g/mol. The molecule has 1 amide bonds. The van der Waals surface area contributed by atoms with Crippen LogP contribution in [0.15, 0.2) is 36.9 Å². The van der Waals surface area contributed by atoms with E-state index in [2.05, 4.69) is 39.3 Å². The van der Waals surface area contributed by atoms with E-state index in [0.29, 0.717) is 17.3 Å². The van der Waals surface area contributed by atoms with Gasteiger partial charge in [0.1, 0.15) is 12.2 Å². The minimum Gasteiger partial charge on any atom is -0.342 e. The summed E-state index contributed by atoms with van der Waals surface area (Å²) in [4.78, 5) is 21.4. The molecule has 0 aliphatic heterocycles. The maximum Gasteiger partial charge on any atom is 0.255 e. The van der Waals surface area contributed by atoms with Crippen LogP contribution < -0.4 is 5.32 Å². The predicted octanol–water partition coefficient (Wildman–Crippen LogP) is 2.22. The molecule has 26 heavy (non-hydrogen) atoms. The lowest BCUT2D eigenvalue weighted by Gasteiger charge is -2.19. The van der Waals surface area contributed by atoms with Crippen molar-refractivity contribution in [3.8, 4) is 5.82 Å². The van der Waals surface area contributed by atoms with Gasteiger partial charge in [-0.15, -0.1) is 0 Å². The van der Waals surface area contributed by atoms with E-state index >= 15 is 0 Å². The molecule has 1 N–H and O–H groups in total. The van der Waals surface area contributed by atoms with Crippen molar-refractivity contribution in [2.24, 2.45) is 13.0 Å². The van der Waals surface area contributed by atoms with E-state index < -0.39 is 0 Å². The van der Waals surface area contributed by atoms with Crippen molar-refractivity contribution in [1.29, 1.82) is 0 Å². The van der Waals surface area contributed by atoms with Gasteiger partial charge in [-0.2, -0.15) is 10.2 Å². The Bertz CT molecular complexity index is 882. The standard InChI is InChI=1S/C18H23N7O/c1-12(2)9-15(17-20-11-22-24(17)4)23-18(26)14-10-21-25(13(14)3)16-7-5-6-8-19-16/h5-8,10-12,15H,9H2,1-4H3,(H,23,26)/t15-/m0/s1. The van der Waals surface area contributed by atoms with Gasteiger partial charge in [0.2, 0.25) is 0 Å². The first-order valence-electron chi connectivity index (χ1n) is 8.58. The second kappa shape index (κ2) is 7.47. The molecule has 3 aromatic heterocycles. The first kappa shape index (κ1) is 17.8. The number of hydrogen-bond acceptors (Lipinski definition) is 5. The first-order valence-corrected chi connectivity index (χ1v) is 8.58. The lowest BCUT2D eigenvalue weighted by molar-refractivity contribution is 0.0928. The van der Waals surface area contributed by atoms with Crippen LogP contribution in [-0.4, -0.2) is 35.4 Å². The summed E-state index contributed by atoms with van der Waals surface area (Å²) in [6.45, 7) is 6.08. The molecule has 0 radical (unpaired) electrons. The van der Waals surface area contributed by atoms with Crippen LogP contribution in [-0.2, 0) is 7.05 Å². The molecular weight excluding hydrogens is 330 g/mol. The lowest BCUT2D eigenvalue weighted by atomic mass is 10.0. The highest BCUT2D eigenvalue weighted by atomic mass is 16.1. The lowest BCUT2D eigenvalue weighted by Crippen LogP contribution is -2.31. The molecule has 0 aliphatic rings. The third-order valence-corrected chi connectivity index (χ3v) is 4.19. The van der Waals surface area contributed by atoms with Crippen LogP contribution in [0, 0.1) is 12.8 Å². The normalized spacial score (nSPS) is 12.3. The number of nitrogens with one attached hydrogen (secondary N) is 1. The quantitative estimate of drug-likeness (QED) is 0.734. The van der Waals surface area contributed by atoms with Crippen molar-refractivity contribution in [1.82, 2.24) is 34.8 Å². The molecular formula is C18H23N7O. The number of amides is 1. The van der Waals surface area contributed by atoms with Gasteiger partial charge in [-0.3, -0.25) is 9.48 Å². The number of pyridine rings is 1. The molecule has 0 aliphatic carbocycles. The zero-order valence-electron chi connectivity index (χ0n) is 15.4. The van der Waals surface area contributed by atoms with E-state index in [1.807, 2.05) is 32.2 Å². The van der Waals surface area contributed by atoms with Gasteiger partial charge < -0.3 is 5.32 Å². The summed E-state index contributed by atoms with van der Waals surface area (Å²) in [5.74, 6) is 1.63. The highest BCUT2D eigenvalue weighted by molar-refractivity contribution is 5.95. The molecule has 0 unspecified atom stereocenters. The van der Waals surface area contributed by atoms with Crippen LogP contribution >= 0.6 is 0 Å². The summed E-state index contributed by atoms with van der Waals surface area (Å²) in [6.07, 6.45) is 5.54. The van der Waals surface area contributed by atoms with Crippen LogP contribution in [0.2, 0.25) is 0 Å². The van der Waals surface area contributed by atoms with Crippen molar-refractivity contribution in [2.45, 2.75) is 33.2 Å². The Morgan fingerprint density at radius 3 is 2.65 bits per heavy atom. The summed E-state index contributed by atoms with van der Waals surface area (Å²) >= 11 is 0. The van der Waals surface area contributed by atoms with Gasteiger partial charge in [0.25, 0.3) is 5.91 Å². The molecule has 8 nitrogen and oxygen atoms in total. The predicted molar refractivity (Wildman–Crippen MR) is 96.8 cm³/mol. The fraction of sp³-hybridized carbons (Fsp3) is 0.389. The maximum atomic E-state index is 12.9. The van der Waals surface area contributed by atoms with Crippen molar-refractivity contribution < 1.29 is 4.79 Å². The molecule has 0 aromatic carbocycles. The van der Waals surface area contributed by atoms with Crippen molar-refractivity contribution in [3.05, 3.63) is 54.0 Å². The van der Waals surface area contributed by atoms with E-state index in [1.54, 1.807) is 21.8 Å². The molecule has 0 saturated carbocycles. The highest BCUT2D eigenvalue weighted by Crippen LogP contribution is 2.20. The molecule has 0 fully saturated rings.